The number of nitrogens with one attached hydrogen (secondary N) is 1. The number of aromatic nitrogens is 3. The quantitative estimate of drug-likeness (QED) is 0.855. The van der Waals surface area contributed by atoms with Crippen LogP contribution in [-0.2, 0) is 11.8 Å². The summed E-state index contributed by atoms with van der Waals surface area (Å²) in [6, 6.07) is 1.86. The second-order valence-electron chi connectivity index (χ2n) is 4.75. The molecule has 6 nitrogen and oxygen atoms in total. The van der Waals surface area contributed by atoms with E-state index >= 15 is 0 Å². The highest BCUT2D eigenvalue weighted by Crippen LogP contribution is 2.36. The van der Waals surface area contributed by atoms with Gasteiger partial charge in [-0.15, -0.1) is 0 Å². The molecule has 1 saturated carbocycles. The molecular weight excluding hydrogens is 232 g/mol. The molecule has 94 valence electrons. The Labute approximate surface area is 104 Å². The Hall–Kier alpha value is -2.11. The minimum Gasteiger partial charge on any atom is -0.480 e. The van der Waals surface area contributed by atoms with Crippen LogP contribution in [0, 0.1) is 0 Å². The van der Waals surface area contributed by atoms with Gasteiger partial charge in [0.1, 0.15) is 11.1 Å². The van der Waals surface area contributed by atoms with Gasteiger partial charge in [-0.05, 0) is 25.3 Å². The molecule has 2 N–H and O–H groups in total. The fourth-order valence-corrected chi connectivity index (χ4v) is 2.30. The molecule has 0 unspecified atom stereocenters. The minimum atomic E-state index is -0.862. The minimum absolute atomic E-state index is 0.551. The van der Waals surface area contributed by atoms with Crippen molar-refractivity contribution in [3.05, 3.63) is 18.6 Å². The molecule has 18 heavy (non-hydrogen) atoms. The van der Waals surface area contributed by atoms with Crippen molar-refractivity contribution < 1.29 is 9.90 Å². The SMILES string of the molecule is Cn1cnc2c(NC3(C(=O)O)CCC3)nccc21. The molecule has 0 radical (unpaired) electrons. The Kier molecular flexibility index (Phi) is 2.26. The lowest BCUT2D eigenvalue weighted by atomic mass is 9.77. The highest BCUT2D eigenvalue weighted by molar-refractivity contribution is 5.90. The zero-order valence-electron chi connectivity index (χ0n) is 10.1. The number of nitrogens with zero attached hydrogens (tertiary/aromatic N) is 3. The number of pyridine rings is 1. The molecule has 0 aliphatic heterocycles. The predicted octanol–water partition coefficient (Wildman–Crippen LogP) is 1.39. The molecule has 0 spiro atoms. The highest BCUT2D eigenvalue weighted by Gasteiger charge is 2.45. The van der Waals surface area contributed by atoms with Gasteiger partial charge in [0.2, 0.25) is 0 Å². The van der Waals surface area contributed by atoms with E-state index < -0.39 is 11.5 Å². The number of imidazole rings is 1. The Morgan fingerprint density at radius 3 is 2.89 bits per heavy atom. The van der Waals surface area contributed by atoms with Crippen LogP contribution in [0.2, 0.25) is 0 Å². The van der Waals surface area contributed by atoms with Crippen molar-refractivity contribution in [2.45, 2.75) is 24.8 Å². The molecule has 1 aliphatic carbocycles. The molecule has 0 bridgehead atoms. The molecule has 1 fully saturated rings. The smallest absolute Gasteiger partial charge is 0.329 e. The second-order valence-corrected chi connectivity index (χ2v) is 4.75. The maximum atomic E-state index is 11.3. The number of carboxylic acid groups (broad SMARTS) is 1. The van der Waals surface area contributed by atoms with Crippen LogP contribution in [0.5, 0.6) is 0 Å². The first-order valence-corrected chi connectivity index (χ1v) is 5.90. The molecule has 0 atom stereocenters. The van der Waals surface area contributed by atoms with E-state index in [2.05, 4.69) is 15.3 Å². The number of aliphatic carboxylic acids is 1. The van der Waals surface area contributed by atoms with Gasteiger partial charge in [0.05, 0.1) is 11.8 Å². The lowest BCUT2D eigenvalue weighted by Gasteiger charge is -2.38. The number of carboxylic acids is 1. The van der Waals surface area contributed by atoms with Gasteiger partial charge in [-0.3, -0.25) is 0 Å². The Bertz CT molecular complexity index is 616. The van der Waals surface area contributed by atoms with Crippen molar-refractivity contribution in [2.75, 3.05) is 5.32 Å². The first-order chi connectivity index (χ1) is 8.62. The van der Waals surface area contributed by atoms with Crippen LogP contribution in [0.25, 0.3) is 11.0 Å². The number of fused-ring (bicyclic) bond motifs is 1. The van der Waals surface area contributed by atoms with Crippen LogP contribution in [0.4, 0.5) is 5.82 Å². The van der Waals surface area contributed by atoms with E-state index in [0.717, 1.165) is 11.9 Å². The second kappa shape index (κ2) is 3.69. The van der Waals surface area contributed by atoms with Crippen LogP contribution in [0.1, 0.15) is 19.3 Å². The summed E-state index contributed by atoms with van der Waals surface area (Å²) < 4.78 is 1.89. The maximum Gasteiger partial charge on any atom is 0.329 e. The maximum absolute atomic E-state index is 11.3. The molecular formula is C12H14N4O2. The third-order valence-electron chi connectivity index (χ3n) is 3.62. The normalized spacial score (nSPS) is 17.4. The lowest BCUT2D eigenvalue weighted by Crippen LogP contribution is -2.52. The van der Waals surface area contributed by atoms with Crippen LogP contribution in [0.3, 0.4) is 0 Å². The molecule has 0 saturated heterocycles. The van der Waals surface area contributed by atoms with Crippen LogP contribution in [-0.4, -0.2) is 31.1 Å². The average molecular weight is 246 g/mol. The number of carbonyl (C=O) groups is 1. The van der Waals surface area contributed by atoms with Gasteiger partial charge in [0, 0.05) is 13.2 Å². The fourth-order valence-electron chi connectivity index (χ4n) is 2.30. The summed E-state index contributed by atoms with van der Waals surface area (Å²) in [7, 11) is 1.90. The standard InChI is InChI=1S/C12H14N4O2/c1-16-7-14-9-8(16)3-6-13-10(9)15-12(11(17)18)4-2-5-12/h3,6-7H,2,4-5H2,1H3,(H,13,15)(H,17,18). The number of aryl methyl sites for hydroxylation is 1. The van der Waals surface area contributed by atoms with Crippen LogP contribution < -0.4 is 5.32 Å². The molecule has 2 aromatic heterocycles. The zero-order chi connectivity index (χ0) is 12.8. The third-order valence-corrected chi connectivity index (χ3v) is 3.62. The summed E-state index contributed by atoms with van der Waals surface area (Å²) in [5, 5.41) is 12.4. The molecule has 2 heterocycles. The van der Waals surface area contributed by atoms with Crippen molar-refractivity contribution in [1.82, 2.24) is 14.5 Å². The van der Waals surface area contributed by atoms with Gasteiger partial charge in [0.15, 0.2) is 5.82 Å². The summed E-state index contributed by atoms with van der Waals surface area (Å²) in [5.41, 5.74) is 0.790. The van der Waals surface area contributed by atoms with Crippen LogP contribution >= 0.6 is 0 Å². The van der Waals surface area contributed by atoms with E-state index in [-0.39, 0.29) is 0 Å². The van der Waals surface area contributed by atoms with E-state index in [4.69, 9.17) is 0 Å². The highest BCUT2D eigenvalue weighted by atomic mass is 16.4. The zero-order valence-corrected chi connectivity index (χ0v) is 10.1. The van der Waals surface area contributed by atoms with E-state index in [0.29, 0.717) is 24.2 Å². The monoisotopic (exact) mass is 246 g/mol. The van der Waals surface area contributed by atoms with E-state index in [9.17, 15) is 9.90 Å². The van der Waals surface area contributed by atoms with Crippen molar-refractivity contribution in [3.8, 4) is 0 Å². The molecule has 6 heteroatoms. The van der Waals surface area contributed by atoms with Crippen molar-refractivity contribution in [2.24, 2.45) is 7.05 Å². The molecule has 2 aromatic rings. The van der Waals surface area contributed by atoms with Crippen LogP contribution in [0.15, 0.2) is 18.6 Å². The van der Waals surface area contributed by atoms with Gasteiger partial charge < -0.3 is 15.0 Å². The van der Waals surface area contributed by atoms with Gasteiger partial charge in [-0.1, -0.05) is 0 Å². The fraction of sp³-hybridized carbons (Fsp3) is 0.417. The number of anilines is 1. The third kappa shape index (κ3) is 1.45. The van der Waals surface area contributed by atoms with E-state index in [1.165, 1.54) is 0 Å². The Balaban J connectivity index is 2.02. The van der Waals surface area contributed by atoms with Crippen molar-refractivity contribution >= 4 is 22.8 Å². The van der Waals surface area contributed by atoms with E-state index in [1.54, 1.807) is 12.5 Å². The van der Waals surface area contributed by atoms with Crippen molar-refractivity contribution in [1.29, 1.82) is 0 Å². The van der Waals surface area contributed by atoms with E-state index in [1.807, 2.05) is 17.7 Å². The summed E-state index contributed by atoms with van der Waals surface area (Å²) in [6.07, 6.45) is 5.56. The largest absolute Gasteiger partial charge is 0.480 e. The molecule has 0 amide bonds. The first kappa shape index (κ1) is 11.0. The predicted molar refractivity (Wildman–Crippen MR) is 66.3 cm³/mol. The van der Waals surface area contributed by atoms with Crippen molar-refractivity contribution in [3.63, 3.8) is 0 Å². The number of rotatable bonds is 3. The number of hydrogen-bond acceptors (Lipinski definition) is 4. The van der Waals surface area contributed by atoms with Gasteiger partial charge in [-0.2, -0.15) is 0 Å². The summed E-state index contributed by atoms with van der Waals surface area (Å²) in [4.78, 5) is 19.8. The molecule has 3 rings (SSSR count). The van der Waals surface area contributed by atoms with Gasteiger partial charge in [-0.25, -0.2) is 14.8 Å². The first-order valence-electron chi connectivity index (χ1n) is 5.90. The number of hydrogen-bond donors (Lipinski definition) is 2. The summed E-state index contributed by atoms with van der Waals surface area (Å²) >= 11 is 0. The van der Waals surface area contributed by atoms with Gasteiger partial charge >= 0.3 is 5.97 Å². The lowest BCUT2D eigenvalue weighted by molar-refractivity contribution is -0.145. The Morgan fingerprint density at radius 1 is 1.50 bits per heavy atom. The van der Waals surface area contributed by atoms with Gasteiger partial charge in [0.25, 0.3) is 0 Å². The summed E-state index contributed by atoms with van der Waals surface area (Å²) in [6.45, 7) is 0. The Morgan fingerprint density at radius 2 is 2.28 bits per heavy atom. The average Bonchev–Trinajstić information content (AvgIpc) is 2.66. The molecule has 0 aromatic carbocycles. The molecule has 1 aliphatic rings. The summed E-state index contributed by atoms with van der Waals surface area (Å²) in [5.74, 6) is -0.265. The topological polar surface area (TPSA) is 80.0 Å².